The number of benzene rings is 5. The maximum atomic E-state index is 11.9. The second-order valence-electron chi connectivity index (χ2n) is 14.8. The molecule has 1 atom stereocenters. The summed E-state index contributed by atoms with van der Waals surface area (Å²) in [6.45, 7) is 2.85. The molecule has 344 valence electrons. The molecule has 1 unspecified atom stereocenters. The van der Waals surface area contributed by atoms with Crippen LogP contribution >= 0.6 is 121 Å². The number of aliphatic hydroxyl groups is 1. The van der Waals surface area contributed by atoms with E-state index in [1.54, 1.807) is 34.6 Å². The molecule has 3 aromatic heterocycles. The Morgan fingerprint density at radius 1 is 0.687 bits per heavy atom. The molecule has 0 radical (unpaired) electrons. The number of carbonyl (C=O) groups excluding carboxylic acids is 2. The molecule has 1 N–H and O–H groups in total. The number of rotatable bonds is 9. The molecule has 1 amide bonds. The molecule has 5 aromatic carbocycles. The fraction of sp³-hybridized carbons (Fsp3) is 0.163. The molecule has 10 rings (SSSR count). The van der Waals surface area contributed by atoms with Gasteiger partial charge in [0.05, 0.1) is 11.4 Å². The number of hydrogen-bond donors (Lipinski definition) is 1. The number of thiazole rings is 3. The van der Waals surface area contributed by atoms with Crippen molar-refractivity contribution in [3.63, 3.8) is 0 Å². The van der Waals surface area contributed by atoms with Gasteiger partial charge >= 0.3 is 6.09 Å². The lowest BCUT2D eigenvalue weighted by molar-refractivity contribution is 0.112. The van der Waals surface area contributed by atoms with E-state index in [0.29, 0.717) is 27.6 Å². The summed E-state index contributed by atoms with van der Waals surface area (Å²) in [4.78, 5) is 41.9. The van der Waals surface area contributed by atoms with Crippen LogP contribution in [-0.4, -0.2) is 52.1 Å². The number of carbonyl (C=O) groups is 2. The molecular weight excluding hydrogens is 1210 g/mol. The number of amides is 1. The first-order valence-electron chi connectivity index (χ1n) is 20.5. The van der Waals surface area contributed by atoms with Crippen LogP contribution in [0.25, 0.3) is 0 Å². The van der Waals surface area contributed by atoms with Gasteiger partial charge in [0.1, 0.15) is 19.0 Å². The highest BCUT2D eigenvalue weighted by Crippen LogP contribution is 2.33. The molecule has 0 saturated carbocycles. The van der Waals surface area contributed by atoms with Crippen LogP contribution in [0.4, 0.5) is 15.6 Å². The molecule has 2 aliphatic rings. The second kappa shape index (κ2) is 25.2. The van der Waals surface area contributed by atoms with E-state index in [1.165, 1.54) is 54.7 Å². The summed E-state index contributed by atoms with van der Waals surface area (Å²) in [6.07, 6.45) is 8.10. The van der Waals surface area contributed by atoms with Crippen LogP contribution in [0.3, 0.4) is 0 Å². The number of aromatic nitrogens is 3. The number of halogens is 6. The second-order valence-corrected chi connectivity index (χ2v) is 22.9. The average molecular weight is 1250 g/mol. The third-order valence-corrected chi connectivity index (χ3v) is 15.4. The van der Waals surface area contributed by atoms with Crippen molar-refractivity contribution < 1.29 is 19.4 Å². The number of aliphatic hydroxyl groups excluding tert-OH is 1. The number of aldehydes is 1. The molecule has 18 heteroatoms. The summed E-state index contributed by atoms with van der Waals surface area (Å²) < 4.78 is 10.2. The Bertz CT molecular complexity index is 2940. The molecule has 1 fully saturated rings. The van der Waals surface area contributed by atoms with E-state index in [4.69, 9.17) is 32.9 Å². The Hall–Kier alpha value is -3.81. The van der Waals surface area contributed by atoms with Gasteiger partial charge in [-0.15, -0.1) is 34.0 Å². The van der Waals surface area contributed by atoms with Gasteiger partial charge in [-0.3, -0.25) is 9.69 Å². The Morgan fingerprint density at radius 3 is 1.87 bits per heavy atom. The lowest BCUT2D eigenvalue weighted by atomic mass is 9.99. The minimum atomic E-state index is -0.660. The molecule has 1 saturated heterocycles. The van der Waals surface area contributed by atoms with E-state index in [1.807, 2.05) is 73.1 Å². The van der Waals surface area contributed by atoms with Crippen LogP contribution in [0.1, 0.15) is 58.9 Å². The van der Waals surface area contributed by atoms with Crippen LogP contribution in [0.2, 0.25) is 8.93 Å². The van der Waals surface area contributed by atoms with Crippen molar-refractivity contribution in [2.75, 3.05) is 29.5 Å². The molecule has 0 aliphatic carbocycles. The van der Waals surface area contributed by atoms with Crippen molar-refractivity contribution >= 4 is 144 Å². The van der Waals surface area contributed by atoms with E-state index in [9.17, 15) is 14.7 Å². The molecule has 9 nitrogen and oxygen atoms in total. The first kappa shape index (κ1) is 51.1. The van der Waals surface area contributed by atoms with Crippen molar-refractivity contribution in [1.82, 2.24) is 15.0 Å². The van der Waals surface area contributed by atoms with E-state index in [2.05, 4.69) is 121 Å². The summed E-state index contributed by atoms with van der Waals surface area (Å²) >= 11 is 29.6. The monoisotopic (exact) mass is 1240 g/mol. The fourth-order valence-electron chi connectivity index (χ4n) is 6.90. The van der Waals surface area contributed by atoms with Crippen molar-refractivity contribution in [2.45, 2.75) is 31.9 Å². The van der Waals surface area contributed by atoms with Crippen molar-refractivity contribution in [3.8, 4) is 0 Å². The van der Waals surface area contributed by atoms with Crippen molar-refractivity contribution in [1.29, 1.82) is 0 Å². The summed E-state index contributed by atoms with van der Waals surface area (Å²) in [7, 11) is 0. The van der Waals surface area contributed by atoms with Crippen LogP contribution in [-0.2, 0) is 30.5 Å². The largest absolute Gasteiger partial charge is 0.447 e. The number of ether oxygens (including phenoxy) is 1. The predicted molar refractivity (Wildman–Crippen MR) is 288 cm³/mol. The Balaban J connectivity index is 0.000000147. The molecular formula is C49H39Br4Cl2N5O4S3. The molecule has 67 heavy (non-hydrogen) atoms. The number of nitrogens with zero attached hydrogens (tertiary/aromatic N) is 5. The van der Waals surface area contributed by atoms with Crippen LogP contribution in [0.15, 0.2) is 152 Å². The topological polar surface area (TPSA) is 109 Å². The van der Waals surface area contributed by atoms with Gasteiger partial charge in [-0.1, -0.05) is 142 Å². The van der Waals surface area contributed by atoms with Gasteiger partial charge in [-0.25, -0.2) is 19.7 Å². The maximum Gasteiger partial charge on any atom is 0.414 e. The number of cyclic esters (lactones) is 1. The quantitative estimate of drug-likeness (QED) is 0.142. The predicted octanol–water partition coefficient (Wildman–Crippen LogP) is 15.1. The van der Waals surface area contributed by atoms with Gasteiger partial charge in [0, 0.05) is 83.4 Å². The summed E-state index contributed by atoms with van der Waals surface area (Å²) in [5.74, 6) is 0. The zero-order valence-electron chi connectivity index (χ0n) is 35.2. The smallest absolute Gasteiger partial charge is 0.414 e. The normalized spacial score (nSPS) is 13.2. The first-order valence-corrected chi connectivity index (χ1v) is 26.9. The highest BCUT2D eigenvalue weighted by molar-refractivity contribution is 9.11. The minimum absolute atomic E-state index is 0.255. The van der Waals surface area contributed by atoms with E-state index in [0.717, 1.165) is 77.8 Å². The van der Waals surface area contributed by atoms with Crippen LogP contribution in [0, 0.1) is 0 Å². The zero-order chi connectivity index (χ0) is 47.3. The summed E-state index contributed by atoms with van der Waals surface area (Å²) in [5.41, 5.74) is 7.60. The fourth-order valence-corrected chi connectivity index (χ4v) is 11.6. The van der Waals surface area contributed by atoms with Crippen molar-refractivity contribution in [3.05, 3.63) is 209 Å². The first-order chi connectivity index (χ1) is 32.4. The highest BCUT2D eigenvalue weighted by Gasteiger charge is 2.26. The lowest BCUT2D eigenvalue weighted by Crippen LogP contribution is -2.31. The van der Waals surface area contributed by atoms with E-state index >= 15 is 0 Å². The number of fused-ring (bicyclic) bond motifs is 1. The SMILES string of the molecule is Clc1ncc(Cc2cccc(Br)c2)s1.O=C1OCCN1c1ccc2c(c1)CN(c1ncc(Cc3cccc(Br)c3)s1)CC2.O=Cc1cccc(Br)c1.OC(c1cccc(Br)c1)c1cnc(Cl)s1. The molecule has 8 aromatic rings. The summed E-state index contributed by atoms with van der Waals surface area (Å²) in [6, 6.07) is 37.7. The number of anilines is 2. The average Bonchev–Trinajstić information content (AvgIpc) is 4.16. The van der Waals surface area contributed by atoms with Gasteiger partial charge in [0.15, 0.2) is 14.1 Å². The Morgan fingerprint density at radius 2 is 1.30 bits per heavy atom. The highest BCUT2D eigenvalue weighted by atomic mass is 79.9. The Kier molecular flexibility index (Phi) is 19.2. The zero-order valence-corrected chi connectivity index (χ0v) is 45.5. The Labute approximate surface area is 444 Å². The van der Waals surface area contributed by atoms with Gasteiger partial charge in [0.2, 0.25) is 0 Å². The third kappa shape index (κ3) is 15.3. The van der Waals surface area contributed by atoms with Crippen LogP contribution < -0.4 is 9.80 Å². The third-order valence-electron chi connectivity index (χ3n) is 10.1. The lowest BCUT2D eigenvalue weighted by Gasteiger charge is -2.29. The van der Waals surface area contributed by atoms with Gasteiger partial charge in [0.25, 0.3) is 0 Å². The van der Waals surface area contributed by atoms with Crippen LogP contribution in [0.5, 0.6) is 0 Å². The van der Waals surface area contributed by atoms with Crippen molar-refractivity contribution in [2.24, 2.45) is 0 Å². The number of hydrogen-bond acceptors (Lipinski definition) is 11. The van der Waals surface area contributed by atoms with Gasteiger partial charge < -0.3 is 14.7 Å². The van der Waals surface area contributed by atoms with E-state index in [-0.39, 0.29) is 6.09 Å². The molecule has 5 heterocycles. The van der Waals surface area contributed by atoms with Gasteiger partial charge in [-0.05, 0) is 94.9 Å². The summed E-state index contributed by atoms with van der Waals surface area (Å²) in [5, 5.41) is 11.1. The molecule has 0 bridgehead atoms. The minimum Gasteiger partial charge on any atom is -0.447 e. The van der Waals surface area contributed by atoms with Gasteiger partial charge in [-0.2, -0.15) is 0 Å². The molecule has 0 spiro atoms. The standard InChI is InChI=1S/C22H20BrN3O2S.C10H7BrClNOS.C10H7BrClNS.C7H5BrO/c23-18-3-1-2-15(10-18)11-20-13-24-21(29-20)25-7-6-16-4-5-19(12-17(16)14-25)26-8-9-28-22(26)27;11-7-3-1-2-6(4-7)9(14)8-5-13-10(12)15-8;11-8-3-1-2-7(4-8)5-9-6-13-10(12)14-9;8-7-3-1-2-6(4-7)5-9/h1-5,10,12-13H,6-9,11,14H2;1-5,9,14H;1-4,6H,5H2;1-5H. The van der Waals surface area contributed by atoms with E-state index < -0.39 is 6.10 Å². The molecule has 2 aliphatic heterocycles. The maximum absolute atomic E-state index is 11.9.